The number of rotatable bonds is 6. The van der Waals surface area contributed by atoms with Gasteiger partial charge in [-0.15, -0.1) is 0 Å². The Kier molecular flexibility index (Phi) is 6.18. The van der Waals surface area contributed by atoms with Crippen LogP contribution in [0.15, 0.2) is 35.4 Å². The number of benzene rings is 1. The molecule has 0 spiro atoms. The molecule has 1 aliphatic rings. The summed E-state index contributed by atoms with van der Waals surface area (Å²) in [4.78, 5) is 13.0. The number of ether oxygens (including phenoxy) is 2. The van der Waals surface area contributed by atoms with E-state index in [1.807, 2.05) is 6.92 Å². The van der Waals surface area contributed by atoms with E-state index in [0.29, 0.717) is 36.2 Å². The number of sulfonamides is 1. The molecule has 1 aliphatic heterocycles. The van der Waals surface area contributed by atoms with Gasteiger partial charge >= 0.3 is 0 Å². The number of anilines is 1. The third kappa shape index (κ3) is 4.40. The molecule has 0 bridgehead atoms. The molecule has 2 heterocycles. The highest BCUT2D eigenvalue weighted by molar-refractivity contribution is 7.89. The number of aryl methyl sites for hydroxylation is 1. The lowest BCUT2D eigenvalue weighted by Gasteiger charge is -2.29. The first kappa shape index (κ1) is 21.2. The average molecular weight is 422 g/mol. The molecule has 0 saturated carbocycles. The van der Waals surface area contributed by atoms with E-state index in [0.717, 1.165) is 12.8 Å². The fraction of sp³-hybridized carbons (Fsp3) is 0.450. The third-order valence-corrected chi connectivity index (χ3v) is 6.96. The first-order valence-corrected chi connectivity index (χ1v) is 10.9. The molecule has 1 atom stereocenters. The highest BCUT2D eigenvalue weighted by Crippen LogP contribution is 2.30. The van der Waals surface area contributed by atoms with Crippen molar-refractivity contribution in [1.29, 1.82) is 0 Å². The highest BCUT2D eigenvalue weighted by Gasteiger charge is 2.30. The van der Waals surface area contributed by atoms with Crippen LogP contribution in [-0.2, 0) is 17.1 Å². The molecule has 0 unspecified atom stereocenters. The predicted octanol–water partition coefficient (Wildman–Crippen LogP) is 2.72. The Hall–Kier alpha value is -2.52. The molecular formula is C20H27N3O5S. The van der Waals surface area contributed by atoms with Crippen molar-refractivity contribution in [1.82, 2.24) is 8.87 Å². The van der Waals surface area contributed by atoms with Crippen LogP contribution in [0.25, 0.3) is 0 Å². The summed E-state index contributed by atoms with van der Waals surface area (Å²) in [5.41, 5.74) is 0.672. The summed E-state index contributed by atoms with van der Waals surface area (Å²) in [6, 6.07) is 6.47. The summed E-state index contributed by atoms with van der Waals surface area (Å²) >= 11 is 0. The number of nitrogens with zero attached hydrogens (tertiary/aromatic N) is 2. The van der Waals surface area contributed by atoms with E-state index in [4.69, 9.17) is 9.47 Å². The Morgan fingerprint density at radius 3 is 2.62 bits per heavy atom. The molecule has 8 nitrogen and oxygen atoms in total. The number of hydrogen-bond acceptors (Lipinski definition) is 5. The molecule has 2 aromatic rings. The van der Waals surface area contributed by atoms with E-state index >= 15 is 0 Å². The molecule has 3 rings (SSSR count). The lowest BCUT2D eigenvalue weighted by Crippen LogP contribution is -2.38. The van der Waals surface area contributed by atoms with Crippen LogP contribution >= 0.6 is 0 Å². The maximum Gasteiger partial charge on any atom is 0.272 e. The van der Waals surface area contributed by atoms with Crippen molar-refractivity contribution < 1.29 is 22.7 Å². The molecule has 1 aromatic carbocycles. The molecular weight excluding hydrogens is 394 g/mol. The Labute approximate surface area is 171 Å². The van der Waals surface area contributed by atoms with Crippen molar-refractivity contribution in [3.63, 3.8) is 0 Å². The van der Waals surface area contributed by atoms with Crippen molar-refractivity contribution >= 4 is 21.6 Å². The number of methoxy groups -OCH3 is 2. The van der Waals surface area contributed by atoms with Crippen LogP contribution in [0.1, 0.15) is 30.3 Å². The van der Waals surface area contributed by atoms with Crippen molar-refractivity contribution in [3.8, 4) is 11.5 Å². The molecule has 0 aliphatic carbocycles. The molecule has 1 saturated heterocycles. The van der Waals surface area contributed by atoms with Crippen molar-refractivity contribution in [2.75, 3.05) is 32.6 Å². The van der Waals surface area contributed by atoms with Crippen LogP contribution in [0.2, 0.25) is 0 Å². The second-order valence-electron chi connectivity index (χ2n) is 7.30. The van der Waals surface area contributed by atoms with Gasteiger partial charge in [0.15, 0.2) is 0 Å². The van der Waals surface area contributed by atoms with Gasteiger partial charge in [-0.25, -0.2) is 8.42 Å². The topological polar surface area (TPSA) is 89.9 Å². The Bertz CT molecular complexity index is 1000. The minimum Gasteiger partial charge on any atom is -0.497 e. The second kappa shape index (κ2) is 8.46. The quantitative estimate of drug-likeness (QED) is 0.775. The van der Waals surface area contributed by atoms with Gasteiger partial charge in [-0.05, 0) is 37.0 Å². The highest BCUT2D eigenvalue weighted by atomic mass is 32.2. The Morgan fingerprint density at radius 1 is 1.21 bits per heavy atom. The van der Waals surface area contributed by atoms with Gasteiger partial charge in [-0.3, -0.25) is 4.79 Å². The average Bonchev–Trinajstić information content (AvgIpc) is 3.10. The summed E-state index contributed by atoms with van der Waals surface area (Å²) in [5.74, 6) is 0.928. The van der Waals surface area contributed by atoms with Gasteiger partial charge in [-0.1, -0.05) is 6.92 Å². The van der Waals surface area contributed by atoms with Gasteiger partial charge < -0.3 is 19.4 Å². The molecule has 9 heteroatoms. The van der Waals surface area contributed by atoms with E-state index in [-0.39, 0.29) is 10.6 Å². The van der Waals surface area contributed by atoms with E-state index in [9.17, 15) is 13.2 Å². The van der Waals surface area contributed by atoms with Crippen LogP contribution < -0.4 is 14.8 Å². The first-order chi connectivity index (χ1) is 13.8. The molecule has 0 radical (unpaired) electrons. The monoisotopic (exact) mass is 421 g/mol. The number of nitrogens with one attached hydrogen (secondary N) is 1. The zero-order valence-electron chi connectivity index (χ0n) is 17.1. The smallest absolute Gasteiger partial charge is 0.272 e. The number of amides is 1. The van der Waals surface area contributed by atoms with Gasteiger partial charge in [0.1, 0.15) is 22.1 Å². The van der Waals surface area contributed by atoms with Crippen LogP contribution in [0.5, 0.6) is 11.5 Å². The number of carbonyl (C=O) groups excluding carboxylic acids is 1. The number of aromatic nitrogens is 1. The standard InChI is InChI=1S/C20H27N3O5S/c1-14-6-5-9-23(12-14)29(25,26)16-11-18(22(2)13-16)20(24)21-17-10-15(27-3)7-8-19(17)28-4/h7-8,10-11,13-14H,5-6,9,12H2,1-4H3,(H,21,24)/t14-/m0/s1. The molecule has 1 fully saturated rings. The van der Waals surface area contributed by atoms with E-state index < -0.39 is 15.9 Å². The van der Waals surface area contributed by atoms with Crippen molar-refractivity contribution in [3.05, 3.63) is 36.2 Å². The molecule has 1 amide bonds. The second-order valence-corrected chi connectivity index (χ2v) is 9.24. The number of piperidine rings is 1. The van der Waals surface area contributed by atoms with Gasteiger partial charge in [-0.2, -0.15) is 4.31 Å². The zero-order chi connectivity index (χ0) is 21.2. The van der Waals surface area contributed by atoms with Crippen molar-refractivity contribution in [2.24, 2.45) is 13.0 Å². The van der Waals surface area contributed by atoms with Gasteiger partial charge in [0.2, 0.25) is 10.0 Å². The third-order valence-electron chi connectivity index (χ3n) is 5.12. The normalized spacial score (nSPS) is 17.7. The molecule has 158 valence electrons. The summed E-state index contributed by atoms with van der Waals surface area (Å²) < 4.78 is 39.5. The van der Waals surface area contributed by atoms with Crippen LogP contribution in [0.4, 0.5) is 5.69 Å². The van der Waals surface area contributed by atoms with Crippen molar-refractivity contribution in [2.45, 2.75) is 24.7 Å². The lowest BCUT2D eigenvalue weighted by molar-refractivity contribution is 0.101. The van der Waals surface area contributed by atoms with Gasteiger partial charge in [0, 0.05) is 32.4 Å². The SMILES string of the molecule is COc1ccc(OC)c(NC(=O)c2cc(S(=O)(=O)N3CCC[C@H](C)C3)cn2C)c1. The predicted molar refractivity (Wildman–Crippen MR) is 110 cm³/mol. The minimum atomic E-state index is -3.64. The summed E-state index contributed by atoms with van der Waals surface area (Å²) in [5, 5.41) is 2.77. The van der Waals surface area contributed by atoms with E-state index in [2.05, 4.69) is 5.32 Å². The number of hydrogen-bond donors (Lipinski definition) is 1. The maximum absolute atomic E-state index is 13.0. The summed E-state index contributed by atoms with van der Waals surface area (Å²) in [6.45, 7) is 3.05. The Balaban J connectivity index is 1.86. The summed E-state index contributed by atoms with van der Waals surface area (Å²) in [6.07, 6.45) is 3.35. The Morgan fingerprint density at radius 2 is 1.97 bits per heavy atom. The maximum atomic E-state index is 13.0. The lowest BCUT2D eigenvalue weighted by atomic mass is 10.0. The number of carbonyl (C=O) groups is 1. The largest absolute Gasteiger partial charge is 0.497 e. The fourth-order valence-corrected chi connectivity index (χ4v) is 5.18. The van der Waals surface area contributed by atoms with Crippen LogP contribution in [-0.4, -0.2) is 50.5 Å². The van der Waals surface area contributed by atoms with Crippen LogP contribution in [0, 0.1) is 5.92 Å². The van der Waals surface area contributed by atoms with Crippen LogP contribution in [0.3, 0.4) is 0 Å². The molecule has 1 aromatic heterocycles. The van der Waals surface area contributed by atoms with E-state index in [1.54, 1.807) is 25.2 Å². The molecule has 29 heavy (non-hydrogen) atoms. The van der Waals surface area contributed by atoms with Gasteiger partial charge in [0.25, 0.3) is 5.91 Å². The van der Waals surface area contributed by atoms with Gasteiger partial charge in [0.05, 0.1) is 19.9 Å². The fourth-order valence-electron chi connectivity index (χ4n) is 3.51. The first-order valence-electron chi connectivity index (χ1n) is 9.46. The minimum absolute atomic E-state index is 0.122. The zero-order valence-corrected chi connectivity index (χ0v) is 18.0. The summed E-state index contributed by atoms with van der Waals surface area (Å²) in [7, 11) is 1.04. The molecule has 1 N–H and O–H groups in total. The van der Waals surface area contributed by atoms with E-state index in [1.165, 1.54) is 35.4 Å².